The molecule has 0 fully saturated rings. The summed E-state index contributed by atoms with van der Waals surface area (Å²) in [6.45, 7) is 2.99. The van der Waals surface area contributed by atoms with Gasteiger partial charge in [0.2, 0.25) is 5.91 Å². The van der Waals surface area contributed by atoms with Crippen LogP contribution in [0.4, 0.5) is 0 Å². The maximum atomic E-state index is 13.1. The third-order valence-corrected chi connectivity index (χ3v) is 6.49. The highest BCUT2D eigenvalue weighted by molar-refractivity contribution is 7.99. The van der Waals surface area contributed by atoms with Gasteiger partial charge in [-0.25, -0.2) is 9.97 Å². The molecule has 0 saturated carbocycles. The first kappa shape index (κ1) is 19.7. The highest BCUT2D eigenvalue weighted by atomic mass is 32.2. The van der Waals surface area contributed by atoms with Crippen LogP contribution in [0.15, 0.2) is 51.1 Å². The van der Waals surface area contributed by atoms with E-state index < -0.39 is 0 Å². The van der Waals surface area contributed by atoms with Crippen molar-refractivity contribution in [3.8, 4) is 0 Å². The van der Waals surface area contributed by atoms with Gasteiger partial charge >= 0.3 is 0 Å². The Labute approximate surface area is 175 Å². The molecule has 4 rings (SSSR count). The van der Waals surface area contributed by atoms with Crippen molar-refractivity contribution in [3.05, 3.63) is 52.8 Å². The van der Waals surface area contributed by atoms with Crippen LogP contribution < -0.4 is 10.9 Å². The smallest absolute Gasteiger partial charge is 0.272 e. The van der Waals surface area contributed by atoms with Crippen LogP contribution in [0.3, 0.4) is 0 Å². The van der Waals surface area contributed by atoms with Gasteiger partial charge in [0.25, 0.3) is 5.56 Å². The van der Waals surface area contributed by atoms with Gasteiger partial charge in [-0.3, -0.25) is 14.2 Å². The molecule has 1 N–H and O–H groups in total. The van der Waals surface area contributed by atoms with Crippen molar-refractivity contribution in [2.75, 3.05) is 5.75 Å². The molecule has 0 unspecified atom stereocenters. The largest absolute Gasteiger partial charge is 0.467 e. The second-order valence-electron chi connectivity index (χ2n) is 6.49. The Hall–Kier alpha value is -2.65. The van der Waals surface area contributed by atoms with Crippen LogP contribution in [-0.4, -0.2) is 26.2 Å². The van der Waals surface area contributed by atoms with Gasteiger partial charge in [0.15, 0.2) is 5.16 Å². The number of thiophene rings is 1. The summed E-state index contributed by atoms with van der Waals surface area (Å²) in [5.41, 5.74) is 0.597. The second-order valence-corrected chi connectivity index (χ2v) is 8.43. The number of thioether (sulfide) groups is 1. The van der Waals surface area contributed by atoms with E-state index in [0.29, 0.717) is 34.2 Å². The molecule has 0 spiro atoms. The van der Waals surface area contributed by atoms with Crippen molar-refractivity contribution in [2.24, 2.45) is 0 Å². The number of carbonyl (C=O) groups is 1. The fourth-order valence-electron chi connectivity index (χ4n) is 2.94. The maximum absolute atomic E-state index is 13.1. The van der Waals surface area contributed by atoms with E-state index >= 15 is 0 Å². The lowest BCUT2D eigenvalue weighted by molar-refractivity contribution is -0.118. The van der Waals surface area contributed by atoms with Gasteiger partial charge in [-0.15, -0.1) is 11.3 Å². The van der Waals surface area contributed by atoms with E-state index in [9.17, 15) is 9.59 Å². The molecule has 0 aliphatic carbocycles. The van der Waals surface area contributed by atoms with Crippen molar-refractivity contribution in [1.29, 1.82) is 0 Å². The molecule has 150 valence electrons. The van der Waals surface area contributed by atoms with Crippen LogP contribution in [0.1, 0.15) is 25.5 Å². The van der Waals surface area contributed by atoms with Gasteiger partial charge in [-0.1, -0.05) is 25.1 Å². The minimum atomic E-state index is -0.139. The van der Waals surface area contributed by atoms with Gasteiger partial charge < -0.3 is 9.73 Å². The van der Waals surface area contributed by atoms with Crippen molar-refractivity contribution < 1.29 is 9.21 Å². The quantitative estimate of drug-likeness (QED) is 0.339. The van der Waals surface area contributed by atoms with Gasteiger partial charge in [-0.05, 0) is 30.7 Å². The zero-order chi connectivity index (χ0) is 20.2. The van der Waals surface area contributed by atoms with Crippen LogP contribution in [0, 0.1) is 0 Å². The predicted molar refractivity (Wildman–Crippen MR) is 115 cm³/mol. The number of pyridine rings is 1. The Morgan fingerprint density at radius 1 is 1.34 bits per heavy atom. The molecule has 0 saturated heterocycles. The normalized spacial score (nSPS) is 11.3. The van der Waals surface area contributed by atoms with Crippen LogP contribution in [0.2, 0.25) is 0 Å². The number of hydrogen-bond acceptors (Lipinski definition) is 7. The molecule has 0 aliphatic heterocycles. The van der Waals surface area contributed by atoms with Gasteiger partial charge in [0.05, 0.1) is 24.1 Å². The number of unbranched alkanes of at least 4 members (excludes halogenated alkanes) is 1. The highest BCUT2D eigenvalue weighted by Gasteiger charge is 2.17. The summed E-state index contributed by atoms with van der Waals surface area (Å²) in [6.07, 6.45) is 5.12. The van der Waals surface area contributed by atoms with Crippen molar-refractivity contribution in [1.82, 2.24) is 19.9 Å². The molecule has 1 amide bonds. The van der Waals surface area contributed by atoms with E-state index in [1.165, 1.54) is 23.1 Å². The topological polar surface area (TPSA) is 90.0 Å². The molecular formula is C20H20N4O3S2. The Balaban J connectivity index is 1.61. The van der Waals surface area contributed by atoms with E-state index in [1.807, 2.05) is 12.1 Å². The number of amides is 1. The Kier molecular flexibility index (Phi) is 5.96. The minimum absolute atomic E-state index is 0.0649. The molecule has 29 heavy (non-hydrogen) atoms. The third-order valence-electron chi connectivity index (χ3n) is 4.43. The summed E-state index contributed by atoms with van der Waals surface area (Å²) in [4.78, 5) is 35.3. The highest BCUT2D eigenvalue weighted by Crippen LogP contribution is 2.30. The first-order valence-corrected chi connectivity index (χ1v) is 11.2. The number of nitrogens with one attached hydrogen (secondary N) is 1. The van der Waals surface area contributed by atoms with Crippen molar-refractivity contribution in [3.63, 3.8) is 0 Å². The zero-order valence-corrected chi connectivity index (χ0v) is 17.5. The first-order chi connectivity index (χ1) is 14.2. The number of nitrogens with zero attached hydrogens (tertiary/aromatic N) is 3. The Bertz CT molecular complexity index is 1200. The summed E-state index contributed by atoms with van der Waals surface area (Å²) in [6, 6.07) is 7.35. The SMILES string of the molecule is CCCCn1c(SCC(=O)NCc2ccco2)nc2c(sc3ncccc32)c1=O. The lowest BCUT2D eigenvalue weighted by atomic mass is 10.3. The van der Waals surface area contributed by atoms with E-state index in [0.717, 1.165) is 23.1 Å². The molecular weight excluding hydrogens is 408 g/mol. The van der Waals surface area contributed by atoms with E-state index in [1.54, 1.807) is 29.2 Å². The summed E-state index contributed by atoms with van der Waals surface area (Å²) in [5.74, 6) is 0.727. The van der Waals surface area contributed by atoms with Gasteiger partial charge in [-0.2, -0.15) is 0 Å². The molecule has 0 radical (unpaired) electrons. The molecule has 4 aromatic heterocycles. The molecule has 0 aromatic carbocycles. The molecule has 0 bridgehead atoms. The minimum Gasteiger partial charge on any atom is -0.467 e. The summed E-state index contributed by atoms with van der Waals surface area (Å²) in [5, 5.41) is 4.25. The standard InChI is InChI=1S/C20H20N4O3S2/c1-2-3-9-24-19(26)17-16(14-7-4-8-21-18(14)29-17)23-20(24)28-12-15(25)22-11-13-6-5-10-27-13/h4-8,10H,2-3,9,11-12H2,1H3,(H,22,25). The Morgan fingerprint density at radius 2 is 2.24 bits per heavy atom. The molecule has 4 aromatic rings. The van der Waals surface area contributed by atoms with Crippen molar-refractivity contribution in [2.45, 2.75) is 38.0 Å². The summed E-state index contributed by atoms with van der Waals surface area (Å²) < 4.78 is 7.52. The fourth-order valence-corrected chi connectivity index (χ4v) is 4.82. The molecule has 4 heterocycles. The van der Waals surface area contributed by atoms with Crippen molar-refractivity contribution >= 4 is 49.4 Å². The number of fused-ring (bicyclic) bond motifs is 3. The summed E-state index contributed by atoms with van der Waals surface area (Å²) in [7, 11) is 0. The monoisotopic (exact) mass is 428 g/mol. The number of aromatic nitrogens is 3. The van der Waals surface area contributed by atoms with Gasteiger partial charge in [0, 0.05) is 18.1 Å². The number of hydrogen-bond donors (Lipinski definition) is 1. The number of rotatable bonds is 8. The van der Waals surface area contributed by atoms with E-state index in [4.69, 9.17) is 9.40 Å². The molecule has 9 heteroatoms. The average Bonchev–Trinajstić information content (AvgIpc) is 3.38. The number of carbonyl (C=O) groups excluding carboxylic acids is 1. The average molecular weight is 429 g/mol. The zero-order valence-electron chi connectivity index (χ0n) is 15.9. The second kappa shape index (κ2) is 8.79. The fraction of sp³-hybridized carbons (Fsp3) is 0.300. The molecule has 7 nitrogen and oxygen atoms in total. The summed E-state index contributed by atoms with van der Waals surface area (Å²) >= 11 is 2.65. The predicted octanol–water partition coefficient (Wildman–Crippen LogP) is 3.81. The first-order valence-electron chi connectivity index (χ1n) is 9.37. The molecule has 0 atom stereocenters. The lowest BCUT2D eigenvalue weighted by Gasteiger charge is -2.11. The van der Waals surface area contributed by atoms with Crippen LogP contribution >= 0.6 is 23.1 Å². The molecule has 0 aliphatic rings. The van der Waals surface area contributed by atoms with E-state index in [2.05, 4.69) is 17.2 Å². The van der Waals surface area contributed by atoms with E-state index in [-0.39, 0.29) is 17.2 Å². The van der Waals surface area contributed by atoms with Crippen LogP contribution in [0.5, 0.6) is 0 Å². The lowest BCUT2D eigenvalue weighted by Crippen LogP contribution is -2.26. The van der Waals surface area contributed by atoms with Crippen LogP contribution in [-0.2, 0) is 17.9 Å². The Morgan fingerprint density at radius 3 is 3.03 bits per heavy atom. The maximum Gasteiger partial charge on any atom is 0.272 e. The van der Waals surface area contributed by atoms with Gasteiger partial charge in [0.1, 0.15) is 15.3 Å². The third kappa shape index (κ3) is 4.20. The number of furan rings is 1. The van der Waals surface area contributed by atoms with Crippen LogP contribution in [0.25, 0.3) is 20.4 Å².